The second-order valence-corrected chi connectivity index (χ2v) is 10.4. The van der Waals surface area contributed by atoms with Gasteiger partial charge in [-0.25, -0.2) is 0 Å². The molecular formula is C25H29O4P. The Balaban J connectivity index is 2.22. The molecule has 1 N–H and O–H groups in total. The normalized spacial score (nSPS) is 13.4. The molecule has 0 aliphatic heterocycles. The lowest BCUT2D eigenvalue weighted by Crippen LogP contribution is -2.46. The largest absolute Gasteiger partial charge is 0.382 e. The number of rotatable bonds is 8. The van der Waals surface area contributed by atoms with E-state index in [2.05, 4.69) is 13.8 Å². The molecule has 0 aliphatic carbocycles. The monoisotopic (exact) mass is 424 g/mol. The van der Waals surface area contributed by atoms with Crippen LogP contribution in [0.2, 0.25) is 0 Å². The molecule has 5 heteroatoms. The van der Waals surface area contributed by atoms with Crippen LogP contribution in [-0.4, -0.2) is 24.9 Å². The molecule has 0 saturated carbocycles. The van der Waals surface area contributed by atoms with Crippen molar-refractivity contribution >= 4 is 17.8 Å². The van der Waals surface area contributed by atoms with Gasteiger partial charge in [0, 0.05) is 24.8 Å². The first-order valence-corrected chi connectivity index (χ1v) is 11.7. The molecule has 3 rings (SSSR count). The highest BCUT2D eigenvalue weighted by Crippen LogP contribution is 2.61. The van der Waals surface area contributed by atoms with Crippen LogP contribution in [0.3, 0.4) is 0 Å². The molecular weight excluding hydrogens is 395 g/mol. The van der Waals surface area contributed by atoms with Crippen molar-refractivity contribution in [3.05, 3.63) is 96.1 Å². The Morgan fingerprint density at radius 2 is 1.13 bits per heavy atom. The lowest BCUT2D eigenvalue weighted by Gasteiger charge is -2.41. The summed E-state index contributed by atoms with van der Waals surface area (Å²) in [6.07, 6.45) is -1.28. The van der Waals surface area contributed by atoms with Gasteiger partial charge >= 0.3 is 0 Å². The number of hydrogen-bond acceptors (Lipinski definition) is 4. The van der Waals surface area contributed by atoms with Crippen LogP contribution in [0.4, 0.5) is 0 Å². The van der Waals surface area contributed by atoms with Crippen LogP contribution in [0.5, 0.6) is 0 Å². The highest BCUT2D eigenvalue weighted by atomic mass is 31.2. The SMILES string of the molecule is COC(OC)(C(O)c1ccc(C(C)C)cc1)P(=O)(c1ccccc1)c1ccccc1. The predicted octanol–water partition coefficient (Wildman–Crippen LogP) is 4.80. The number of ether oxygens (including phenoxy) is 2. The van der Waals surface area contributed by atoms with Crippen molar-refractivity contribution in [2.24, 2.45) is 0 Å². The van der Waals surface area contributed by atoms with E-state index in [1.165, 1.54) is 14.2 Å². The average molecular weight is 424 g/mol. The van der Waals surface area contributed by atoms with Crippen LogP contribution in [0.15, 0.2) is 84.9 Å². The zero-order valence-electron chi connectivity index (χ0n) is 17.9. The summed E-state index contributed by atoms with van der Waals surface area (Å²) in [5, 5.41) is 12.6. The minimum Gasteiger partial charge on any atom is -0.382 e. The van der Waals surface area contributed by atoms with Crippen molar-refractivity contribution in [3.63, 3.8) is 0 Å². The average Bonchev–Trinajstić information content (AvgIpc) is 2.81. The summed E-state index contributed by atoms with van der Waals surface area (Å²) >= 11 is 0. The summed E-state index contributed by atoms with van der Waals surface area (Å²) < 4.78 is 26.5. The number of benzene rings is 3. The number of aliphatic hydroxyl groups is 1. The minimum atomic E-state index is -3.61. The third-order valence-electron chi connectivity index (χ3n) is 5.53. The summed E-state index contributed by atoms with van der Waals surface area (Å²) in [5.74, 6) is 0.366. The lowest BCUT2D eigenvalue weighted by molar-refractivity contribution is -0.202. The molecule has 1 unspecified atom stereocenters. The number of aliphatic hydroxyl groups excluding tert-OH is 1. The van der Waals surface area contributed by atoms with Crippen molar-refractivity contribution in [3.8, 4) is 0 Å². The Hall–Kier alpha value is -2.23. The Morgan fingerprint density at radius 1 is 0.733 bits per heavy atom. The smallest absolute Gasteiger partial charge is 0.261 e. The maximum atomic E-state index is 14.9. The molecule has 0 aliphatic rings. The van der Waals surface area contributed by atoms with Crippen molar-refractivity contribution < 1.29 is 19.1 Å². The molecule has 0 heterocycles. The van der Waals surface area contributed by atoms with E-state index in [9.17, 15) is 9.67 Å². The highest BCUT2D eigenvalue weighted by molar-refractivity contribution is 7.79. The standard InChI is InChI=1S/C25H29O4P/c1-19(2)20-15-17-21(18-16-20)24(26)25(28-3,29-4)30(27,22-11-7-5-8-12-22)23-13-9-6-10-14-23/h5-19,24,26H,1-4H3. The van der Waals surface area contributed by atoms with Crippen LogP contribution in [0, 0.1) is 0 Å². The number of hydrogen-bond donors (Lipinski definition) is 1. The molecule has 0 radical (unpaired) electrons. The van der Waals surface area contributed by atoms with Gasteiger partial charge in [0.25, 0.3) is 5.53 Å². The highest BCUT2D eigenvalue weighted by Gasteiger charge is 2.57. The maximum absolute atomic E-state index is 14.9. The first kappa shape index (κ1) is 22.5. The van der Waals surface area contributed by atoms with Gasteiger partial charge in [-0.3, -0.25) is 0 Å². The van der Waals surface area contributed by atoms with E-state index in [4.69, 9.17) is 9.47 Å². The fourth-order valence-electron chi connectivity index (χ4n) is 3.79. The fourth-order valence-corrected chi connectivity index (χ4v) is 7.00. The molecule has 0 aromatic heterocycles. The third-order valence-corrected chi connectivity index (χ3v) is 9.07. The second-order valence-electron chi connectivity index (χ2n) is 7.54. The Morgan fingerprint density at radius 3 is 1.50 bits per heavy atom. The van der Waals surface area contributed by atoms with Gasteiger partial charge in [-0.05, 0) is 17.0 Å². The molecule has 158 valence electrons. The second kappa shape index (κ2) is 9.28. The Bertz CT molecular complexity index is 937. The quantitative estimate of drug-likeness (QED) is 0.417. The van der Waals surface area contributed by atoms with Gasteiger partial charge in [0.15, 0.2) is 0 Å². The van der Waals surface area contributed by atoms with Gasteiger partial charge in [-0.15, -0.1) is 0 Å². The molecule has 3 aromatic carbocycles. The molecule has 0 saturated heterocycles. The van der Waals surface area contributed by atoms with Gasteiger partial charge in [-0.2, -0.15) is 0 Å². The predicted molar refractivity (Wildman–Crippen MR) is 122 cm³/mol. The Kier molecular flexibility index (Phi) is 6.95. The molecule has 3 aromatic rings. The van der Waals surface area contributed by atoms with Gasteiger partial charge < -0.3 is 19.1 Å². The summed E-state index contributed by atoms with van der Waals surface area (Å²) in [7, 11) is -0.763. The van der Waals surface area contributed by atoms with E-state index in [1.54, 1.807) is 24.3 Å². The number of methoxy groups -OCH3 is 2. The van der Waals surface area contributed by atoms with E-state index in [0.29, 0.717) is 22.1 Å². The Labute approximate surface area is 178 Å². The van der Waals surface area contributed by atoms with Gasteiger partial charge in [0.2, 0.25) is 7.14 Å². The van der Waals surface area contributed by atoms with E-state index in [0.717, 1.165) is 5.56 Å². The van der Waals surface area contributed by atoms with Crippen LogP contribution >= 0.6 is 7.14 Å². The van der Waals surface area contributed by atoms with E-state index < -0.39 is 18.8 Å². The van der Waals surface area contributed by atoms with Gasteiger partial charge in [0.05, 0.1) is 0 Å². The minimum absolute atomic E-state index is 0.366. The molecule has 0 amide bonds. The molecule has 0 bridgehead atoms. The van der Waals surface area contributed by atoms with Crippen molar-refractivity contribution in [1.82, 2.24) is 0 Å². The summed E-state index contributed by atoms with van der Waals surface area (Å²) in [5.41, 5.74) is -0.0643. The fraction of sp³-hybridized carbons (Fsp3) is 0.280. The van der Waals surface area contributed by atoms with E-state index >= 15 is 0 Å². The summed E-state index contributed by atoms with van der Waals surface area (Å²) in [6.45, 7) is 4.22. The summed E-state index contributed by atoms with van der Waals surface area (Å²) in [6, 6.07) is 25.8. The van der Waals surface area contributed by atoms with Gasteiger partial charge in [-0.1, -0.05) is 98.8 Å². The molecule has 0 fully saturated rings. The van der Waals surface area contributed by atoms with Crippen LogP contribution in [-0.2, 0) is 14.0 Å². The van der Waals surface area contributed by atoms with Crippen molar-refractivity contribution in [2.45, 2.75) is 31.4 Å². The van der Waals surface area contributed by atoms with E-state index in [-0.39, 0.29) is 0 Å². The first-order chi connectivity index (χ1) is 14.4. The maximum Gasteiger partial charge on any atom is 0.261 e. The van der Waals surface area contributed by atoms with Crippen LogP contribution < -0.4 is 10.6 Å². The third kappa shape index (κ3) is 3.77. The van der Waals surface area contributed by atoms with Gasteiger partial charge in [0.1, 0.15) is 6.10 Å². The summed E-state index contributed by atoms with van der Waals surface area (Å²) in [4.78, 5) is 0. The molecule has 0 spiro atoms. The zero-order chi connectivity index (χ0) is 21.8. The van der Waals surface area contributed by atoms with E-state index in [1.807, 2.05) is 60.7 Å². The lowest BCUT2D eigenvalue weighted by atomic mass is 10.00. The molecule has 1 atom stereocenters. The topological polar surface area (TPSA) is 55.8 Å². The molecule has 30 heavy (non-hydrogen) atoms. The zero-order valence-corrected chi connectivity index (χ0v) is 18.8. The molecule has 4 nitrogen and oxygen atoms in total. The van der Waals surface area contributed by atoms with Crippen molar-refractivity contribution in [2.75, 3.05) is 14.2 Å². The van der Waals surface area contributed by atoms with Crippen LogP contribution in [0.25, 0.3) is 0 Å². The van der Waals surface area contributed by atoms with Crippen LogP contribution in [0.1, 0.15) is 37.0 Å². The first-order valence-electron chi connectivity index (χ1n) is 10.00. The van der Waals surface area contributed by atoms with Crippen molar-refractivity contribution in [1.29, 1.82) is 0 Å².